The third-order valence-electron chi connectivity index (χ3n) is 3.53. The average molecular weight is 317 g/mol. The Kier molecular flexibility index (Phi) is 5.69. The van der Waals surface area contributed by atoms with Crippen LogP contribution in [0.5, 0.6) is 0 Å². The molecule has 6 heteroatoms. The summed E-state index contributed by atoms with van der Waals surface area (Å²) in [6.45, 7) is 7.03. The van der Waals surface area contributed by atoms with E-state index >= 15 is 0 Å². The predicted molar refractivity (Wildman–Crippen MR) is 82.4 cm³/mol. The van der Waals surface area contributed by atoms with Crippen molar-refractivity contribution >= 4 is 29.0 Å². The number of halogens is 1. The van der Waals surface area contributed by atoms with Gasteiger partial charge in [-0.2, -0.15) is 0 Å². The van der Waals surface area contributed by atoms with Gasteiger partial charge < -0.3 is 15.0 Å². The molecule has 0 bridgehead atoms. The van der Waals surface area contributed by atoms with Crippen LogP contribution in [0.2, 0.25) is 4.34 Å². The fraction of sp³-hybridized carbons (Fsp3) is 0.643. The number of rotatable bonds is 5. The number of thiophene rings is 1. The van der Waals surface area contributed by atoms with E-state index in [1.54, 1.807) is 0 Å². The number of nitrogens with zero attached hydrogens (tertiary/aromatic N) is 1. The zero-order chi connectivity index (χ0) is 14.5. The Bertz CT molecular complexity index is 446. The summed E-state index contributed by atoms with van der Waals surface area (Å²) in [4.78, 5) is 15.2. The van der Waals surface area contributed by atoms with Crippen molar-refractivity contribution < 1.29 is 9.53 Å². The molecule has 1 aliphatic rings. The van der Waals surface area contributed by atoms with Crippen molar-refractivity contribution in [2.45, 2.75) is 26.3 Å². The van der Waals surface area contributed by atoms with Crippen LogP contribution in [0, 0.1) is 5.92 Å². The number of hydrogen-bond acceptors (Lipinski definition) is 3. The van der Waals surface area contributed by atoms with Crippen molar-refractivity contribution in [1.29, 1.82) is 0 Å². The second-order valence-corrected chi connectivity index (χ2v) is 6.83. The number of ether oxygens (including phenoxy) is 1. The molecule has 1 aliphatic heterocycles. The summed E-state index contributed by atoms with van der Waals surface area (Å²) in [6.07, 6.45) is 1.04. The lowest BCUT2D eigenvalue weighted by molar-refractivity contribution is 0.165. The number of carbonyl (C=O) groups excluding carboxylic acids is 1. The first-order valence-electron chi connectivity index (χ1n) is 6.98. The van der Waals surface area contributed by atoms with Crippen LogP contribution in [0.25, 0.3) is 0 Å². The summed E-state index contributed by atoms with van der Waals surface area (Å²) in [5.74, 6) is 0.465. The quantitative estimate of drug-likeness (QED) is 0.903. The van der Waals surface area contributed by atoms with Gasteiger partial charge in [-0.1, -0.05) is 11.6 Å². The van der Waals surface area contributed by atoms with Crippen molar-refractivity contribution in [2.24, 2.45) is 5.92 Å². The Morgan fingerprint density at radius 1 is 1.65 bits per heavy atom. The fourth-order valence-corrected chi connectivity index (χ4v) is 3.37. The molecule has 0 aliphatic carbocycles. The van der Waals surface area contributed by atoms with E-state index in [4.69, 9.17) is 16.3 Å². The summed E-state index contributed by atoms with van der Waals surface area (Å²) in [5.41, 5.74) is 0. The molecule has 1 aromatic heterocycles. The first-order chi connectivity index (χ1) is 9.60. The minimum atomic E-state index is -0.0196. The lowest BCUT2D eigenvalue weighted by Crippen LogP contribution is -2.43. The molecule has 2 rings (SSSR count). The Balaban J connectivity index is 1.87. The van der Waals surface area contributed by atoms with Gasteiger partial charge >= 0.3 is 6.03 Å². The third kappa shape index (κ3) is 4.11. The van der Waals surface area contributed by atoms with Crippen LogP contribution in [0.4, 0.5) is 4.79 Å². The van der Waals surface area contributed by atoms with Crippen molar-refractivity contribution in [3.05, 3.63) is 21.3 Å². The van der Waals surface area contributed by atoms with E-state index in [2.05, 4.69) is 5.32 Å². The lowest BCUT2D eigenvalue weighted by Gasteiger charge is -2.25. The van der Waals surface area contributed by atoms with E-state index in [9.17, 15) is 4.79 Å². The highest BCUT2D eigenvalue weighted by Crippen LogP contribution is 2.26. The van der Waals surface area contributed by atoms with Gasteiger partial charge in [-0.15, -0.1) is 11.3 Å². The standard InChI is InChI=1S/C14H21ClN2O2S/c1-3-17(8-11-6-7-19-9-11)14(18)16-10(2)12-4-5-13(15)20-12/h4-5,10-11H,3,6-9H2,1-2H3,(H,16,18). The second kappa shape index (κ2) is 7.29. The molecule has 2 heterocycles. The Hall–Kier alpha value is -0.780. The molecule has 0 spiro atoms. The van der Waals surface area contributed by atoms with Gasteiger partial charge in [-0.05, 0) is 32.4 Å². The van der Waals surface area contributed by atoms with Gasteiger partial charge in [0.1, 0.15) is 0 Å². The summed E-state index contributed by atoms with van der Waals surface area (Å²) < 4.78 is 6.11. The number of nitrogens with one attached hydrogen (secondary N) is 1. The Morgan fingerprint density at radius 3 is 3.00 bits per heavy atom. The van der Waals surface area contributed by atoms with Crippen LogP contribution in [-0.2, 0) is 4.74 Å². The first kappa shape index (κ1) is 15.6. The minimum absolute atomic E-state index is 0.0172. The largest absolute Gasteiger partial charge is 0.381 e. The highest BCUT2D eigenvalue weighted by atomic mass is 35.5. The van der Waals surface area contributed by atoms with E-state index in [1.165, 1.54) is 11.3 Å². The average Bonchev–Trinajstić information content (AvgIpc) is 3.06. The van der Waals surface area contributed by atoms with Crippen LogP contribution in [0.15, 0.2) is 12.1 Å². The molecule has 112 valence electrons. The van der Waals surface area contributed by atoms with Crippen LogP contribution < -0.4 is 5.32 Å². The first-order valence-corrected chi connectivity index (χ1v) is 8.18. The van der Waals surface area contributed by atoms with Crippen LogP contribution in [0.1, 0.15) is 31.2 Å². The highest BCUT2D eigenvalue weighted by molar-refractivity contribution is 7.16. The molecule has 0 aromatic carbocycles. The van der Waals surface area contributed by atoms with Crippen LogP contribution in [0.3, 0.4) is 0 Å². The molecular weight excluding hydrogens is 296 g/mol. The molecule has 2 amide bonds. The minimum Gasteiger partial charge on any atom is -0.381 e. The van der Waals surface area contributed by atoms with Crippen molar-refractivity contribution in [1.82, 2.24) is 10.2 Å². The second-order valence-electron chi connectivity index (χ2n) is 5.08. The molecule has 0 saturated carbocycles. The summed E-state index contributed by atoms with van der Waals surface area (Å²) in [7, 11) is 0. The number of urea groups is 1. The van der Waals surface area contributed by atoms with Gasteiger partial charge in [0.25, 0.3) is 0 Å². The topological polar surface area (TPSA) is 41.6 Å². The summed E-state index contributed by atoms with van der Waals surface area (Å²) in [5, 5.41) is 3.03. The van der Waals surface area contributed by atoms with Gasteiger partial charge in [0.05, 0.1) is 17.0 Å². The van der Waals surface area contributed by atoms with E-state index < -0.39 is 0 Å². The van der Waals surface area contributed by atoms with Gasteiger partial charge in [-0.3, -0.25) is 0 Å². The molecular formula is C14H21ClN2O2S. The van der Waals surface area contributed by atoms with Crippen molar-refractivity contribution in [3.63, 3.8) is 0 Å². The zero-order valence-electron chi connectivity index (χ0n) is 11.9. The van der Waals surface area contributed by atoms with Gasteiger partial charge in [-0.25, -0.2) is 4.79 Å². The molecule has 20 heavy (non-hydrogen) atoms. The number of carbonyl (C=O) groups is 1. The molecule has 4 nitrogen and oxygen atoms in total. The Morgan fingerprint density at radius 2 is 2.45 bits per heavy atom. The maximum absolute atomic E-state index is 12.3. The monoisotopic (exact) mass is 316 g/mol. The number of amides is 2. The fourth-order valence-electron chi connectivity index (χ4n) is 2.30. The normalized spacial score (nSPS) is 19.9. The lowest BCUT2D eigenvalue weighted by atomic mass is 10.1. The smallest absolute Gasteiger partial charge is 0.317 e. The molecule has 1 saturated heterocycles. The van der Waals surface area contributed by atoms with Crippen molar-refractivity contribution in [3.8, 4) is 0 Å². The third-order valence-corrected chi connectivity index (χ3v) is 4.95. The molecule has 1 aromatic rings. The van der Waals surface area contributed by atoms with Crippen LogP contribution in [-0.4, -0.2) is 37.2 Å². The predicted octanol–water partition coefficient (Wildman–Crippen LogP) is 3.53. The van der Waals surface area contributed by atoms with Gasteiger partial charge in [0, 0.05) is 30.5 Å². The zero-order valence-corrected chi connectivity index (χ0v) is 13.5. The highest BCUT2D eigenvalue weighted by Gasteiger charge is 2.22. The SMILES string of the molecule is CCN(CC1CCOC1)C(=O)NC(C)c1ccc(Cl)s1. The van der Waals surface area contributed by atoms with E-state index in [0.29, 0.717) is 12.5 Å². The van der Waals surface area contributed by atoms with Crippen LogP contribution >= 0.6 is 22.9 Å². The number of hydrogen-bond donors (Lipinski definition) is 1. The van der Waals surface area contributed by atoms with Gasteiger partial charge in [0.15, 0.2) is 0 Å². The van der Waals surface area contributed by atoms with E-state index in [0.717, 1.165) is 35.4 Å². The Labute approximate surface area is 129 Å². The van der Waals surface area contributed by atoms with Gasteiger partial charge in [0.2, 0.25) is 0 Å². The summed E-state index contributed by atoms with van der Waals surface area (Å²) >= 11 is 7.43. The molecule has 1 fully saturated rings. The molecule has 2 unspecified atom stereocenters. The maximum Gasteiger partial charge on any atom is 0.317 e. The van der Waals surface area contributed by atoms with E-state index in [1.807, 2.05) is 30.9 Å². The molecule has 0 radical (unpaired) electrons. The maximum atomic E-state index is 12.3. The summed E-state index contributed by atoms with van der Waals surface area (Å²) in [6, 6.07) is 3.78. The van der Waals surface area contributed by atoms with Crippen molar-refractivity contribution in [2.75, 3.05) is 26.3 Å². The molecule has 1 N–H and O–H groups in total. The molecule has 2 atom stereocenters. The van der Waals surface area contributed by atoms with E-state index in [-0.39, 0.29) is 12.1 Å².